The minimum Gasteiger partial charge on any atom is -0.517 e. The van der Waals surface area contributed by atoms with E-state index in [4.69, 9.17) is 8.85 Å². The summed E-state index contributed by atoms with van der Waals surface area (Å²) < 4.78 is 15.2. The number of carbonyl (C=O) groups excluding carboxylic acids is 1. The van der Waals surface area contributed by atoms with Crippen LogP contribution in [0.2, 0.25) is 55.4 Å². The molecule has 0 aliphatic heterocycles. The fourth-order valence-electron chi connectivity index (χ4n) is 4.77. The lowest BCUT2D eigenvalue weighted by atomic mass is 10.3. The fourth-order valence-corrected chi connectivity index (χ4v) is 13.8. The number of nitrogens with zero attached hydrogens (tertiary/aromatic N) is 1. The average molecular weight is 476 g/mol. The maximum atomic E-state index is 13.2. The molecule has 0 aliphatic rings. The first kappa shape index (κ1) is 30.0. The molecule has 1 unspecified atom stereocenters. The van der Waals surface area contributed by atoms with Crippen LogP contribution in [-0.4, -0.2) is 54.6 Å². The van der Waals surface area contributed by atoms with Crippen LogP contribution in [0.15, 0.2) is 0 Å². The molecular weight excluding hydrogens is 423 g/mol. The molecule has 4 nitrogen and oxygen atoms in total. The average Bonchev–Trinajstić information content (AvgIpc) is 2.56. The summed E-state index contributed by atoms with van der Waals surface area (Å²) >= 11 is 0. The molecule has 0 saturated carbocycles. The quantitative estimate of drug-likeness (QED) is 0.248. The van der Waals surface area contributed by atoms with Crippen molar-refractivity contribution in [2.75, 3.05) is 13.1 Å². The summed E-state index contributed by atoms with van der Waals surface area (Å²) in [5.41, 5.74) is 1.27. The van der Waals surface area contributed by atoms with Crippen LogP contribution in [0.5, 0.6) is 0 Å². The number of hydrogen-bond donors (Lipinski definition) is 0. The molecule has 0 aromatic rings. The molecule has 0 fully saturated rings. The van der Waals surface area contributed by atoms with Gasteiger partial charge in [-0.15, -0.1) is 0 Å². The molecule has 180 valence electrons. The fraction of sp³-hybridized carbons (Fsp3) is 0.957. The first-order chi connectivity index (χ1) is 13.5. The third-order valence-electron chi connectivity index (χ3n) is 6.57. The predicted octanol–water partition coefficient (Wildman–Crippen LogP) is 7.25. The van der Waals surface area contributed by atoms with Gasteiger partial charge in [-0.25, -0.2) is 0 Å². The maximum absolute atomic E-state index is 13.2. The Hall–Kier alpha value is 0.0406. The number of rotatable bonds is 14. The van der Waals surface area contributed by atoms with Crippen molar-refractivity contribution in [1.82, 2.24) is 4.57 Å². The molecule has 0 heterocycles. The summed E-state index contributed by atoms with van der Waals surface area (Å²) in [6, 6.07) is 1.13. The number of carbonyl (C=O) groups is 1. The Kier molecular flexibility index (Phi) is 12.3. The van der Waals surface area contributed by atoms with Crippen molar-refractivity contribution in [3.05, 3.63) is 0 Å². The van der Waals surface area contributed by atoms with Gasteiger partial charge in [-0.1, -0.05) is 68.1 Å². The predicted molar refractivity (Wildman–Crippen MR) is 140 cm³/mol. The van der Waals surface area contributed by atoms with Gasteiger partial charge in [-0.3, -0.25) is 4.79 Å². The van der Waals surface area contributed by atoms with E-state index in [2.05, 4.69) is 92.7 Å². The summed E-state index contributed by atoms with van der Waals surface area (Å²) in [5, 5.41) is 0. The van der Waals surface area contributed by atoms with Crippen LogP contribution in [0.3, 0.4) is 0 Å². The summed E-state index contributed by atoms with van der Waals surface area (Å²) in [5.74, 6) is -0.00690. The molecule has 0 spiro atoms. The summed E-state index contributed by atoms with van der Waals surface area (Å²) in [7, 11) is -5.45. The van der Waals surface area contributed by atoms with E-state index in [9.17, 15) is 4.79 Å². The van der Waals surface area contributed by atoms with E-state index in [-0.39, 0.29) is 5.97 Å². The summed E-state index contributed by atoms with van der Waals surface area (Å²) in [4.78, 5) is 13.2. The Bertz CT molecular complexity index is 495. The Morgan fingerprint density at radius 1 is 0.867 bits per heavy atom. The van der Waals surface area contributed by atoms with Gasteiger partial charge in [0.15, 0.2) is 8.32 Å². The zero-order valence-corrected chi connectivity index (χ0v) is 25.5. The molecule has 0 saturated heterocycles. The molecule has 0 aromatic heterocycles. The topological polar surface area (TPSA) is 38.8 Å². The molecule has 0 bridgehead atoms. The molecular formula is C23H53NO3Si3. The Morgan fingerprint density at radius 2 is 1.33 bits per heavy atom. The van der Waals surface area contributed by atoms with E-state index in [1.165, 1.54) is 0 Å². The highest BCUT2D eigenvalue weighted by Gasteiger charge is 2.48. The van der Waals surface area contributed by atoms with E-state index in [1.807, 2.05) is 0 Å². The third kappa shape index (κ3) is 9.27. The molecule has 1 atom stereocenters. The van der Waals surface area contributed by atoms with Gasteiger partial charge in [0.2, 0.25) is 0 Å². The van der Waals surface area contributed by atoms with Crippen LogP contribution in [-0.2, 0) is 13.6 Å². The lowest BCUT2D eigenvalue weighted by Crippen LogP contribution is -2.54. The van der Waals surface area contributed by atoms with Gasteiger partial charge in [-0.05, 0) is 62.1 Å². The third-order valence-corrected chi connectivity index (χ3v) is 17.4. The summed E-state index contributed by atoms with van der Waals surface area (Å²) in [6.45, 7) is 30.8. The molecule has 0 rings (SSSR count). The standard InChI is InChI=1S/C23H53NO3Si3/c1-14-22(8)26-29(12,13)17-15-16-24(28(9,10)11)18-23(25)27-30(19(2)3,20(4)5)21(6)7/h19-22H,14-18H2,1-13H3. The second-order valence-electron chi connectivity index (χ2n) is 11.6. The minimum atomic E-state index is -2.17. The number of hydrogen-bond acceptors (Lipinski definition) is 4. The van der Waals surface area contributed by atoms with Crippen molar-refractivity contribution in [2.45, 2.75) is 130 Å². The monoisotopic (exact) mass is 475 g/mol. The van der Waals surface area contributed by atoms with E-state index in [0.29, 0.717) is 29.3 Å². The largest absolute Gasteiger partial charge is 0.517 e. The smallest absolute Gasteiger partial charge is 0.306 e. The zero-order valence-electron chi connectivity index (χ0n) is 22.5. The van der Waals surface area contributed by atoms with Crippen LogP contribution >= 0.6 is 0 Å². The molecule has 7 heteroatoms. The first-order valence-corrected chi connectivity index (χ1v) is 20.8. The first-order valence-electron chi connectivity index (χ1n) is 12.1. The van der Waals surface area contributed by atoms with Gasteiger partial charge in [0.1, 0.15) is 8.24 Å². The molecule has 0 N–H and O–H groups in total. The Morgan fingerprint density at radius 3 is 1.70 bits per heavy atom. The molecule has 0 amide bonds. The molecule has 0 radical (unpaired) electrons. The van der Waals surface area contributed by atoms with Crippen LogP contribution < -0.4 is 0 Å². The zero-order chi connectivity index (χ0) is 23.9. The second kappa shape index (κ2) is 12.3. The lowest BCUT2D eigenvalue weighted by Gasteiger charge is -2.42. The van der Waals surface area contributed by atoms with Crippen molar-refractivity contribution in [2.24, 2.45) is 0 Å². The van der Waals surface area contributed by atoms with E-state index in [1.54, 1.807) is 0 Å². The van der Waals surface area contributed by atoms with Crippen molar-refractivity contribution in [1.29, 1.82) is 0 Å². The van der Waals surface area contributed by atoms with Gasteiger partial charge in [0.05, 0.1) is 6.54 Å². The van der Waals surface area contributed by atoms with Crippen LogP contribution in [0.25, 0.3) is 0 Å². The van der Waals surface area contributed by atoms with Crippen LogP contribution in [0, 0.1) is 0 Å². The normalized spacial score (nSPS) is 14.8. The van der Waals surface area contributed by atoms with E-state index < -0.39 is 24.9 Å². The van der Waals surface area contributed by atoms with Crippen molar-refractivity contribution >= 4 is 30.8 Å². The molecule has 0 aliphatic carbocycles. The van der Waals surface area contributed by atoms with Gasteiger partial charge in [-0.2, -0.15) is 0 Å². The van der Waals surface area contributed by atoms with Crippen LogP contribution in [0.4, 0.5) is 0 Å². The van der Waals surface area contributed by atoms with E-state index in [0.717, 1.165) is 25.4 Å². The van der Waals surface area contributed by atoms with Gasteiger partial charge < -0.3 is 13.4 Å². The van der Waals surface area contributed by atoms with Gasteiger partial charge in [0, 0.05) is 6.10 Å². The lowest BCUT2D eigenvalue weighted by molar-refractivity contribution is -0.136. The highest BCUT2D eigenvalue weighted by atomic mass is 28.4. The maximum Gasteiger partial charge on any atom is 0.306 e. The van der Waals surface area contributed by atoms with Gasteiger partial charge in [0.25, 0.3) is 8.32 Å². The summed E-state index contributed by atoms with van der Waals surface area (Å²) in [6.07, 6.45) is 2.50. The Balaban J connectivity index is 5.17. The van der Waals surface area contributed by atoms with Gasteiger partial charge >= 0.3 is 5.97 Å². The highest BCUT2D eigenvalue weighted by molar-refractivity contribution is 6.79. The Labute approximate surface area is 191 Å². The molecule has 0 aromatic carbocycles. The minimum absolute atomic E-state index is 0.00690. The highest BCUT2D eigenvalue weighted by Crippen LogP contribution is 2.42. The van der Waals surface area contributed by atoms with Crippen molar-refractivity contribution < 1.29 is 13.6 Å². The SMILES string of the molecule is CCC(C)O[Si](C)(C)CCCN(CC(=O)O[Si](C(C)C)(C(C)C)C(C)C)[Si](C)(C)C. The van der Waals surface area contributed by atoms with Crippen molar-refractivity contribution in [3.8, 4) is 0 Å². The molecule has 30 heavy (non-hydrogen) atoms. The van der Waals surface area contributed by atoms with E-state index >= 15 is 0 Å². The van der Waals surface area contributed by atoms with Crippen LogP contribution in [0.1, 0.15) is 68.2 Å². The second-order valence-corrected chi connectivity index (χ2v) is 26.2. The van der Waals surface area contributed by atoms with Crippen molar-refractivity contribution in [3.63, 3.8) is 0 Å².